The Hall–Kier alpha value is -3.41. The van der Waals surface area contributed by atoms with Crippen LogP contribution in [-0.4, -0.2) is 16.6 Å². The van der Waals surface area contributed by atoms with E-state index in [4.69, 9.17) is 4.74 Å². The predicted octanol–water partition coefficient (Wildman–Crippen LogP) is 7.04. The standard InChI is InChI=1S/C29H32F2N2O2/c1-18(2)28-27(29(34)32-16-21-10-13-24(30)25(31)14-21)23-12-11-22(35-19(3)4)15-26(23)33(28)17-20-8-6-5-7-9-20/h5-6,8,10-15,18-19H,7,9,16-17H2,1-4H3,(H,32,34). The molecule has 1 aliphatic rings. The first kappa shape index (κ1) is 24.7. The largest absolute Gasteiger partial charge is 0.491 e. The molecular formula is C29H32F2N2O2. The van der Waals surface area contributed by atoms with Gasteiger partial charge in [0.05, 0.1) is 17.2 Å². The number of ether oxygens (including phenoxy) is 1. The number of benzene rings is 2. The second-order valence-corrected chi connectivity index (χ2v) is 9.57. The summed E-state index contributed by atoms with van der Waals surface area (Å²) >= 11 is 0. The second-order valence-electron chi connectivity index (χ2n) is 9.57. The van der Waals surface area contributed by atoms with Crippen molar-refractivity contribution in [1.29, 1.82) is 0 Å². The molecule has 0 spiro atoms. The van der Waals surface area contributed by atoms with Gasteiger partial charge in [-0.2, -0.15) is 0 Å². The Morgan fingerprint density at radius 1 is 1.09 bits per heavy atom. The Balaban J connectivity index is 1.77. The van der Waals surface area contributed by atoms with Gasteiger partial charge in [0, 0.05) is 30.2 Å². The lowest BCUT2D eigenvalue weighted by Crippen LogP contribution is -2.24. The molecule has 0 atom stereocenters. The molecule has 3 aromatic rings. The topological polar surface area (TPSA) is 43.3 Å². The lowest BCUT2D eigenvalue weighted by Gasteiger charge is -2.18. The monoisotopic (exact) mass is 478 g/mol. The number of nitrogens with one attached hydrogen (secondary N) is 1. The summed E-state index contributed by atoms with van der Waals surface area (Å²) in [5.41, 5.74) is 4.30. The van der Waals surface area contributed by atoms with Crippen molar-refractivity contribution in [2.45, 2.75) is 65.6 Å². The van der Waals surface area contributed by atoms with E-state index in [0.29, 0.717) is 17.7 Å². The Morgan fingerprint density at radius 2 is 1.89 bits per heavy atom. The number of halogens is 2. The molecule has 2 aromatic carbocycles. The number of hydrogen-bond acceptors (Lipinski definition) is 2. The quantitative estimate of drug-likeness (QED) is 0.377. The van der Waals surface area contributed by atoms with Crippen LogP contribution < -0.4 is 10.1 Å². The highest BCUT2D eigenvalue weighted by Gasteiger charge is 2.25. The highest BCUT2D eigenvalue weighted by molar-refractivity contribution is 6.09. The summed E-state index contributed by atoms with van der Waals surface area (Å²) in [5, 5.41) is 3.76. The molecule has 0 aliphatic heterocycles. The smallest absolute Gasteiger partial charge is 0.254 e. The van der Waals surface area contributed by atoms with Gasteiger partial charge in [-0.05, 0) is 62.4 Å². The third-order valence-electron chi connectivity index (χ3n) is 6.12. The maximum Gasteiger partial charge on any atom is 0.254 e. The maximum absolute atomic E-state index is 13.6. The van der Waals surface area contributed by atoms with E-state index in [1.54, 1.807) is 0 Å². The minimum Gasteiger partial charge on any atom is -0.491 e. The van der Waals surface area contributed by atoms with Crippen LogP contribution in [0.5, 0.6) is 5.75 Å². The molecule has 0 fully saturated rings. The zero-order valence-electron chi connectivity index (χ0n) is 20.7. The van der Waals surface area contributed by atoms with Gasteiger partial charge < -0.3 is 14.6 Å². The van der Waals surface area contributed by atoms with Crippen LogP contribution in [0.15, 0.2) is 60.2 Å². The van der Waals surface area contributed by atoms with Crippen molar-refractivity contribution in [2.24, 2.45) is 0 Å². The van der Waals surface area contributed by atoms with Gasteiger partial charge in [-0.3, -0.25) is 4.79 Å². The Labute approximate surface area is 205 Å². The molecule has 1 amide bonds. The summed E-state index contributed by atoms with van der Waals surface area (Å²) in [5.74, 6) is -1.23. The third-order valence-corrected chi connectivity index (χ3v) is 6.12. The van der Waals surface area contributed by atoms with E-state index in [1.165, 1.54) is 11.6 Å². The molecule has 0 unspecified atom stereocenters. The first-order valence-corrected chi connectivity index (χ1v) is 12.1. The van der Waals surface area contributed by atoms with Crippen LogP contribution in [0.4, 0.5) is 8.78 Å². The zero-order chi connectivity index (χ0) is 25.1. The summed E-state index contributed by atoms with van der Waals surface area (Å²) < 4.78 is 35.1. The third kappa shape index (κ3) is 5.47. The van der Waals surface area contributed by atoms with Gasteiger partial charge in [-0.1, -0.05) is 43.7 Å². The van der Waals surface area contributed by atoms with E-state index in [-0.39, 0.29) is 24.5 Å². The Morgan fingerprint density at radius 3 is 2.54 bits per heavy atom. The molecule has 0 saturated carbocycles. The summed E-state index contributed by atoms with van der Waals surface area (Å²) in [6, 6.07) is 9.50. The van der Waals surface area contributed by atoms with Gasteiger partial charge in [0.25, 0.3) is 5.91 Å². The summed E-state index contributed by atoms with van der Waals surface area (Å²) in [6.45, 7) is 8.92. The predicted molar refractivity (Wildman–Crippen MR) is 136 cm³/mol. The van der Waals surface area contributed by atoms with E-state index >= 15 is 0 Å². The van der Waals surface area contributed by atoms with E-state index in [1.807, 2.05) is 32.0 Å². The lowest BCUT2D eigenvalue weighted by atomic mass is 10.0. The molecule has 4 nitrogen and oxygen atoms in total. The number of rotatable bonds is 8. The summed E-state index contributed by atoms with van der Waals surface area (Å²) in [7, 11) is 0. The van der Waals surface area contributed by atoms with Crippen LogP contribution in [0.3, 0.4) is 0 Å². The van der Waals surface area contributed by atoms with E-state index in [0.717, 1.165) is 47.3 Å². The molecule has 1 aromatic heterocycles. The molecule has 0 bridgehead atoms. The highest BCUT2D eigenvalue weighted by Crippen LogP contribution is 2.35. The van der Waals surface area contributed by atoms with E-state index in [9.17, 15) is 13.6 Å². The Kier molecular flexibility index (Phi) is 7.39. The number of fused-ring (bicyclic) bond motifs is 1. The first-order chi connectivity index (χ1) is 16.7. The fraction of sp³-hybridized carbons (Fsp3) is 0.345. The molecular weight excluding hydrogens is 446 g/mol. The van der Waals surface area contributed by atoms with Crippen LogP contribution in [0.25, 0.3) is 10.9 Å². The van der Waals surface area contributed by atoms with Crippen molar-refractivity contribution in [3.8, 4) is 5.75 Å². The number of nitrogens with zero attached hydrogens (tertiary/aromatic N) is 1. The van der Waals surface area contributed by atoms with Gasteiger partial charge >= 0.3 is 0 Å². The van der Waals surface area contributed by atoms with Gasteiger partial charge in [0.15, 0.2) is 11.6 Å². The minimum atomic E-state index is -0.927. The van der Waals surface area contributed by atoms with Crippen molar-refractivity contribution >= 4 is 16.8 Å². The average Bonchev–Trinajstić information content (AvgIpc) is 3.13. The molecule has 1 aliphatic carbocycles. The fourth-order valence-electron chi connectivity index (χ4n) is 4.61. The molecule has 0 saturated heterocycles. The van der Waals surface area contributed by atoms with Crippen LogP contribution >= 0.6 is 0 Å². The molecule has 35 heavy (non-hydrogen) atoms. The molecule has 1 N–H and O–H groups in total. The van der Waals surface area contributed by atoms with Crippen molar-refractivity contribution in [3.63, 3.8) is 0 Å². The zero-order valence-corrected chi connectivity index (χ0v) is 20.7. The van der Waals surface area contributed by atoms with E-state index < -0.39 is 11.6 Å². The number of carbonyl (C=O) groups excluding carboxylic acids is 1. The van der Waals surface area contributed by atoms with Gasteiger partial charge in [0.2, 0.25) is 0 Å². The maximum atomic E-state index is 13.6. The minimum absolute atomic E-state index is 0.0329. The highest BCUT2D eigenvalue weighted by atomic mass is 19.2. The van der Waals surface area contributed by atoms with Gasteiger partial charge in [-0.15, -0.1) is 0 Å². The Bertz CT molecular complexity index is 1300. The number of aromatic nitrogens is 1. The molecule has 1 heterocycles. The van der Waals surface area contributed by atoms with Crippen LogP contribution in [-0.2, 0) is 13.1 Å². The van der Waals surface area contributed by atoms with Gasteiger partial charge in [0.1, 0.15) is 5.75 Å². The fourth-order valence-corrected chi connectivity index (χ4v) is 4.61. The SMILES string of the molecule is CC(C)Oc1ccc2c(C(=O)NCc3ccc(F)c(F)c3)c(C(C)C)n(CC3=CC=CCC3)c2c1. The molecule has 184 valence electrons. The van der Waals surface area contributed by atoms with Crippen molar-refractivity contribution in [3.05, 3.63) is 88.7 Å². The van der Waals surface area contributed by atoms with Gasteiger partial charge in [-0.25, -0.2) is 8.78 Å². The van der Waals surface area contributed by atoms with Crippen LogP contribution in [0.2, 0.25) is 0 Å². The first-order valence-electron chi connectivity index (χ1n) is 12.1. The average molecular weight is 479 g/mol. The molecule has 0 radical (unpaired) electrons. The number of hydrogen-bond donors (Lipinski definition) is 1. The number of amides is 1. The molecule has 6 heteroatoms. The van der Waals surface area contributed by atoms with E-state index in [2.05, 4.69) is 42.0 Å². The van der Waals surface area contributed by atoms with Crippen molar-refractivity contribution in [2.75, 3.05) is 0 Å². The summed E-state index contributed by atoms with van der Waals surface area (Å²) in [4.78, 5) is 13.5. The number of carbonyl (C=O) groups is 1. The molecule has 4 rings (SSSR count). The van der Waals surface area contributed by atoms with Crippen molar-refractivity contribution in [1.82, 2.24) is 9.88 Å². The lowest BCUT2D eigenvalue weighted by molar-refractivity contribution is 0.0951. The van der Waals surface area contributed by atoms with Crippen LogP contribution in [0, 0.1) is 11.6 Å². The van der Waals surface area contributed by atoms with Crippen molar-refractivity contribution < 1.29 is 18.3 Å². The number of allylic oxidation sites excluding steroid dienone is 4. The normalized spacial score (nSPS) is 13.5. The second kappa shape index (κ2) is 10.5. The summed E-state index contributed by atoms with van der Waals surface area (Å²) in [6.07, 6.45) is 8.41. The van der Waals surface area contributed by atoms with Crippen LogP contribution in [0.1, 0.15) is 68.1 Å².